The Bertz CT molecular complexity index is 506. The topological polar surface area (TPSA) is 23.5 Å². The first-order valence-corrected chi connectivity index (χ1v) is 6.05. The lowest BCUT2D eigenvalue weighted by Gasteiger charge is -2.31. The van der Waals surface area contributed by atoms with Crippen LogP contribution >= 0.6 is 0 Å². The quantitative estimate of drug-likeness (QED) is 0.655. The van der Waals surface area contributed by atoms with E-state index in [1.165, 1.54) is 4.90 Å². The summed E-state index contributed by atoms with van der Waals surface area (Å²) in [7, 11) is 1.64. The van der Waals surface area contributed by atoms with E-state index in [0.717, 1.165) is 12.8 Å². The lowest BCUT2D eigenvalue weighted by Crippen LogP contribution is -2.37. The molecule has 96 valence electrons. The van der Waals surface area contributed by atoms with Crippen molar-refractivity contribution in [2.24, 2.45) is 0 Å². The van der Waals surface area contributed by atoms with Crippen LogP contribution < -0.4 is 4.90 Å². The summed E-state index contributed by atoms with van der Waals surface area (Å²) in [4.78, 5) is 1.42. The van der Waals surface area contributed by atoms with Crippen molar-refractivity contribution < 1.29 is 9.50 Å². The smallest absolute Gasteiger partial charge is 0.151 e. The van der Waals surface area contributed by atoms with E-state index in [9.17, 15) is 9.50 Å². The van der Waals surface area contributed by atoms with Crippen molar-refractivity contribution in [1.82, 2.24) is 0 Å². The molecule has 1 fully saturated rings. The molecule has 1 aliphatic carbocycles. The van der Waals surface area contributed by atoms with Crippen LogP contribution in [-0.2, 0) is 5.41 Å². The van der Waals surface area contributed by atoms with Crippen molar-refractivity contribution in [3.63, 3.8) is 0 Å². The third kappa shape index (κ3) is 1.77. The van der Waals surface area contributed by atoms with Gasteiger partial charge in [0.1, 0.15) is 0 Å². The van der Waals surface area contributed by atoms with Gasteiger partial charge in [0.15, 0.2) is 5.82 Å². The van der Waals surface area contributed by atoms with E-state index >= 15 is 0 Å². The fourth-order valence-electron chi connectivity index (χ4n) is 2.55. The lowest BCUT2D eigenvalue weighted by molar-refractivity contribution is 0.0368. The number of terminal acetylenes is 1. The van der Waals surface area contributed by atoms with Crippen LogP contribution in [0.2, 0.25) is 0 Å². The fourth-order valence-corrected chi connectivity index (χ4v) is 2.55. The predicted molar refractivity (Wildman–Crippen MR) is 70.8 cm³/mol. The molecule has 2 nitrogen and oxygen atoms in total. The van der Waals surface area contributed by atoms with Gasteiger partial charge in [-0.05, 0) is 38.3 Å². The highest BCUT2D eigenvalue weighted by atomic mass is 19.1. The van der Waals surface area contributed by atoms with Crippen LogP contribution in [0.15, 0.2) is 18.2 Å². The highest BCUT2D eigenvalue weighted by molar-refractivity contribution is 5.56. The molecule has 0 heterocycles. The monoisotopic (exact) mass is 247 g/mol. The molecule has 1 N–H and O–H groups in total. The van der Waals surface area contributed by atoms with E-state index in [1.54, 1.807) is 39.1 Å². The molecule has 0 amide bonds. The summed E-state index contributed by atoms with van der Waals surface area (Å²) >= 11 is 0. The summed E-state index contributed by atoms with van der Waals surface area (Å²) in [5.74, 6) is -0.322. The Hall–Kier alpha value is -1.53. The Morgan fingerprint density at radius 2 is 2.06 bits per heavy atom. The van der Waals surface area contributed by atoms with Crippen LogP contribution in [0.5, 0.6) is 0 Å². The maximum atomic E-state index is 14.5. The average molecular weight is 247 g/mol. The summed E-state index contributed by atoms with van der Waals surface area (Å²) in [6.07, 6.45) is 6.90. The molecule has 0 atom stereocenters. The molecule has 18 heavy (non-hydrogen) atoms. The molecule has 1 saturated carbocycles. The Morgan fingerprint density at radius 1 is 1.44 bits per heavy atom. The van der Waals surface area contributed by atoms with Gasteiger partial charge in [0.2, 0.25) is 0 Å². The maximum absolute atomic E-state index is 14.5. The van der Waals surface area contributed by atoms with Crippen molar-refractivity contribution >= 4 is 5.69 Å². The summed E-state index contributed by atoms with van der Waals surface area (Å²) in [5.41, 5.74) is -0.455. The Morgan fingerprint density at radius 3 is 2.50 bits per heavy atom. The van der Waals surface area contributed by atoms with Gasteiger partial charge < -0.3 is 10.0 Å². The minimum Gasteiger partial charge on any atom is -0.390 e. The summed E-state index contributed by atoms with van der Waals surface area (Å²) in [5, 5.41) is 10.3. The van der Waals surface area contributed by atoms with Crippen molar-refractivity contribution in [1.29, 1.82) is 0 Å². The van der Waals surface area contributed by atoms with E-state index in [1.807, 2.05) is 0 Å². The van der Waals surface area contributed by atoms with E-state index in [2.05, 4.69) is 6.04 Å². The highest BCUT2D eigenvalue weighted by Gasteiger charge is 2.56. The van der Waals surface area contributed by atoms with E-state index in [-0.39, 0.29) is 5.82 Å². The standard InChI is InChI=1S/C15H18FNO/c1-5-17(4)12-8-6-7-11(13(12)16)15(9-10-15)14(2,3)18/h1,6-8,18H,9-10H2,2-4H3. The van der Waals surface area contributed by atoms with Crippen molar-refractivity contribution in [2.45, 2.75) is 37.7 Å². The van der Waals surface area contributed by atoms with Gasteiger partial charge in [-0.15, -0.1) is 0 Å². The molecule has 2 rings (SSSR count). The molecule has 0 saturated heterocycles. The molecule has 0 spiro atoms. The first-order valence-electron chi connectivity index (χ1n) is 6.05. The maximum Gasteiger partial charge on any atom is 0.151 e. The second-order valence-electron chi connectivity index (χ2n) is 5.47. The minimum atomic E-state index is -0.929. The lowest BCUT2D eigenvalue weighted by atomic mass is 9.81. The molecule has 1 aliphatic rings. The third-order valence-corrected chi connectivity index (χ3v) is 3.97. The van der Waals surface area contributed by atoms with Crippen LogP contribution in [0.3, 0.4) is 0 Å². The van der Waals surface area contributed by atoms with Gasteiger partial charge in [-0.25, -0.2) is 4.39 Å². The molecule has 0 unspecified atom stereocenters. The number of nitrogens with zero attached hydrogens (tertiary/aromatic N) is 1. The van der Waals surface area contributed by atoms with E-state index in [0.29, 0.717) is 11.3 Å². The van der Waals surface area contributed by atoms with Gasteiger partial charge in [0.05, 0.1) is 11.3 Å². The van der Waals surface area contributed by atoms with Gasteiger partial charge in [-0.3, -0.25) is 0 Å². The van der Waals surface area contributed by atoms with Crippen LogP contribution in [0.4, 0.5) is 10.1 Å². The van der Waals surface area contributed by atoms with Crippen LogP contribution in [-0.4, -0.2) is 17.8 Å². The third-order valence-electron chi connectivity index (χ3n) is 3.97. The zero-order valence-corrected chi connectivity index (χ0v) is 11.0. The largest absolute Gasteiger partial charge is 0.390 e. The molecular formula is C15H18FNO. The summed E-state index contributed by atoms with van der Waals surface area (Å²) < 4.78 is 14.5. The number of aliphatic hydroxyl groups is 1. The second-order valence-corrected chi connectivity index (χ2v) is 5.47. The van der Waals surface area contributed by atoms with Gasteiger partial charge in [-0.2, -0.15) is 0 Å². The first-order chi connectivity index (χ1) is 8.33. The van der Waals surface area contributed by atoms with Crippen molar-refractivity contribution in [3.05, 3.63) is 29.6 Å². The normalized spacial score (nSPS) is 17.1. The van der Waals surface area contributed by atoms with Crippen LogP contribution in [0, 0.1) is 18.3 Å². The Labute approximate surface area is 107 Å². The number of hydrogen-bond donors (Lipinski definition) is 1. The Balaban J connectivity index is 2.52. The highest BCUT2D eigenvalue weighted by Crippen LogP contribution is 2.56. The van der Waals surface area contributed by atoms with Gasteiger partial charge >= 0.3 is 0 Å². The van der Waals surface area contributed by atoms with Crippen LogP contribution in [0.1, 0.15) is 32.3 Å². The molecule has 3 heteroatoms. The number of anilines is 1. The van der Waals surface area contributed by atoms with Crippen molar-refractivity contribution in [2.75, 3.05) is 11.9 Å². The van der Waals surface area contributed by atoms with Gasteiger partial charge in [-0.1, -0.05) is 18.6 Å². The Kier molecular flexibility index (Phi) is 2.87. The second kappa shape index (κ2) is 4.00. The van der Waals surface area contributed by atoms with E-state index < -0.39 is 11.0 Å². The van der Waals surface area contributed by atoms with E-state index in [4.69, 9.17) is 6.42 Å². The number of rotatable bonds is 3. The predicted octanol–water partition coefficient (Wildman–Crippen LogP) is 2.66. The zero-order valence-electron chi connectivity index (χ0n) is 11.0. The van der Waals surface area contributed by atoms with Crippen LogP contribution in [0.25, 0.3) is 0 Å². The summed E-state index contributed by atoms with van der Waals surface area (Å²) in [6, 6.07) is 7.57. The summed E-state index contributed by atoms with van der Waals surface area (Å²) in [6.45, 7) is 3.47. The number of benzene rings is 1. The van der Waals surface area contributed by atoms with Crippen molar-refractivity contribution in [3.8, 4) is 12.5 Å². The molecule has 1 aromatic rings. The molecule has 0 radical (unpaired) electrons. The fraction of sp³-hybridized carbons (Fsp3) is 0.467. The molecule has 0 aliphatic heterocycles. The molecule has 0 aromatic heterocycles. The average Bonchev–Trinajstić information content (AvgIpc) is 3.09. The zero-order chi connectivity index (χ0) is 13.6. The number of halogens is 1. The minimum absolute atomic E-state index is 0.322. The SMILES string of the molecule is C#CN(C)c1cccc(C2(C(C)(C)O)CC2)c1F. The number of hydrogen-bond acceptors (Lipinski definition) is 2. The molecule has 0 bridgehead atoms. The van der Waals surface area contributed by atoms with Gasteiger partial charge in [0, 0.05) is 18.5 Å². The first kappa shape index (κ1) is 12.9. The molecular weight excluding hydrogens is 229 g/mol. The molecule has 1 aromatic carbocycles. The van der Waals surface area contributed by atoms with Gasteiger partial charge in [0.25, 0.3) is 0 Å².